The van der Waals surface area contributed by atoms with Crippen LogP contribution in [0.3, 0.4) is 0 Å². The third-order valence-corrected chi connectivity index (χ3v) is 5.53. The summed E-state index contributed by atoms with van der Waals surface area (Å²) < 4.78 is 1.67. The summed E-state index contributed by atoms with van der Waals surface area (Å²) in [6.07, 6.45) is 3.32. The first-order valence-corrected chi connectivity index (χ1v) is 10.3. The van der Waals surface area contributed by atoms with Crippen molar-refractivity contribution < 1.29 is 4.79 Å². The normalized spacial score (nSPS) is 12.3. The Hall–Kier alpha value is -2.15. The fraction of sp³-hybridized carbons (Fsp3) is 0.300. The third kappa shape index (κ3) is 4.77. The molecule has 142 valence electrons. The van der Waals surface area contributed by atoms with Crippen LogP contribution in [0.2, 0.25) is 5.02 Å². The van der Waals surface area contributed by atoms with E-state index in [-0.39, 0.29) is 11.9 Å². The van der Waals surface area contributed by atoms with Gasteiger partial charge in [0.1, 0.15) is 0 Å². The van der Waals surface area contributed by atoms with Crippen LogP contribution in [0.1, 0.15) is 35.8 Å². The molecule has 0 radical (unpaired) electrons. The second-order valence-corrected chi connectivity index (χ2v) is 7.37. The lowest BCUT2D eigenvalue weighted by atomic mass is 10.1. The number of hydrogen-bond acceptors (Lipinski definition) is 4. The van der Waals surface area contributed by atoms with Crippen LogP contribution in [0.25, 0.3) is 5.69 Å². The Bertz CT molecular complexity index is 857. The summed E-state index contributed by atoms with van der Waals surface area (Å²) in [6, 6.07) is 9.62. The summed E-state index contributed by atoms with van der Waals surface area (Å²) in [7, 11) is 0. The van der Waals surface area contributed by atoms with Crippen LogP contribution in [0.15, 0.2) is 53.5 Å². The van der Waals surface area contributed by atoms with Crippen molar-refractivity contribution in [2.45, 2.75) is 19.9 Å². The van der Waals surface area contributed by atoms with E-state index >= 15 is 0 Å². The van der Waals surface area contributed by atoms with Gasteiger partial charge in [-0.2, -0.15) is 16.4 Å². The second-order valence-electron chi connectivity index (χ2n) is 6.15. The Morgan fingerprint density at radius 3 is 2.63 bits per heavy atom. The molecule has 0 spiro atoms. The topological polar surface area (TPSA) is 50.2 Å². The van der Waals surface area contributed by atoms with E-state index in [0.29, 0.717) is 17.1 Å². The number of likely N-dealkylation sites (N-methyl/N-ethyl adjacent to an activating group) is 1. The fourth-order valence-corrected chi connectivity index (χ4v) is 3.89. The van der Waals surface area contributed by atoms with Crippen molar-refractivity contribution in [1.82, 2.24) is 20.0 Å². The summed E-state index contributed by atoms with van der Waals surface area (Å²) in [6.45, 7) is 6.70. The predicted octanol–water partition coefficient (Wildman–Crippen LogP) is 4.40. The number of thiophene rings is 1. The Morgan fingerprint density at radius 1 is 1.26 bits per heavy atom. The molecule has 2 aromatic heterocycles. The first-order chi connectivity index (χ1) is 13.1. The van der Waals surface area contributed by atoms with Gasteiger partial charge in [0.05, 0.1) is 23.5 Å². The maximum atomic E-state index is 12.6. The molecule has 27 heavy (non-hydrogen) atoms. The zero-order valence-corrected chi connectivity index (χ0v) is 17.0. The van der Waals surface area contributed by atoms with Gasteiger partial charge in [-0.15, -0.1) is 0 Å². The van der Waals surface area contributed by atoms with Crippen LogP contribution in [-0.2, 0) is 0 Å². The maximum absolute atomic E-state index is 12.6. The molecule has 0 saturated carbocycles. The van der Waals surface area contributed by atoms with Crippen LogP contribution in [0.5, 0.6) is 0 Å². The van der Waals surface area contributed by atoms with E-state index in [1.807, 2.05) is 12.1 Å². The molecular weight excluding hydrogens is 380 g/mol. The molecule has 1 unspecified atom stereocenters. The van der Waals surface area contributed by atoms with Gasteiger partial charge in [-0.05, 0) is 59.7 Å². The lowest BCUT2D eigenvalue weighted by Crippen LogP contribution is -2.37. The molecule has 0 fully saturated rings. The van der Waals surface area contributed by atoms with Crippen molar-refractivity contribution in [1.29, 1.82) is 0 Å². The molecule has 1 aromatic carbocycles. The first-order valence-electron chi connectivity index (χ1n) is 8.97. The van der Waals surface area contributed by atoms with Gasteiger partial charge < -0.3 is 5.32 Å². The van der Waals surface area contributed by atoms with Crippen molar-refractivity contribution in [2.24, 2.45) is 0 Å². The van der Waals surface area contributed by atoms with Crippen molar-refractivity contribution >= 4 is 28.8 Å². The van der Waals surface area contributed by atoms with E-state index in [0.717, 1.165) is 18.8 Å². The van der Waals surface area contributed by atoms with Gasteiger partial charge in [0, 0.05) is 17.8 Å². The van der Waals surface area contributed by atoms with Crippen LogP contribution in [0, 0.1) is 0 Å². The summed E-state index contributed by atoms with van der Waals surface area (Å²) in [4.78, 5) is 15.0. The van der Waals surface area contributed by atoms with Gasteiger partial charge in [-0.25, -0.2) is 4.68 Å². The summed E-state index contributed by atoms with van der Waals surface area (Å²) in [5, 5.41) is 12.2. The van der Waals surface area contributed by atoms with Crippen molar-refractivity contribution in [3.05, 3.63) is 69.6 Å². The van der Waals surface area contributed by atoms with Gasteiger partial charge in [0.2, 0.25) is 0 Å². The fourth-order valence-electron chi connectivity index (χ4n) is 3.05. The van der Waals surface area contributed by atoms with Crippen molar-refractivity contribution in [3.63, 3.8) is 0 Å². The standard InChI is InChI=1S/C20H23ClN4OS/c1-3-24(4-2)19(15-9-10-27-14-15)12-22-20(26)16-11-23-25(13-16)18-7-5-17(21)6-8-18/h5-11,13-14,19H,3-4,12H2,1-2H3,(H,22,26). The van der Waals surface area contributed by atoms with Gasteiger partial charge in [0.15, 0.2) is 0 Å². The van der Waals surface area contributed by atoms with Gasteiger partial charge >= 0.3 is 0 Å². The van der Waals surface area contributed by atoms with Crippen LogP contribution in [-0.4, -0.2) is 40.2 Å². The number of hydrogen-bond donors (Lipinski definition) is 1. The SMILES string of the molecule is CCN(CC)C(CNC(=O)c1cnn(-c2ccc(Cl)cc2)c1)c1ccsc1. The molecule has 1 atom stereocenters. The number of aromatic nitrogens is 2. The second kappa shape index (κ2) is 9.17. The van der Waals surface area contributed by atoms with Crippen molar-refractivity contribution in [3.8, 4) is 5.69 Å². The molecule has 0 saturated heterocycles. The van der Waals surface area contributed by atoms with Gasteiger partial charge in [0.25, 0.3) is 5.91 Å². The number of halogens is 1. The molecule has 0 aliphatic heterocycles. The Labute approximate surface area is 168 Å². The molecule has 7 heteroatoms. The highest BCUT2D eigenvalue weighted by molar-refractivity contribution is 7.08. The van der Waals surface area contributed by atoms with E-state index in [1.165, 1.54) is 5.56 Å². The first kappa shape index (κ1) is 19.6. The lowest BCUT2D eigenvalue weighted by molar-refractivity contribution is 0.0935. The summed E-state index contributed by atoms with van der Waals surface area (Å²) in [5.74, 6) is -0.123. The summed E-state index contributed by atoms with van der Waals surface area (Å²) in [5.41, 5.74) is 2.63. The monoisotopic (exact) mass is 402 g/mol. The minimum absolute atomic E-state index is 0.123. The molecule has 0 aliphatic rings. The van der Waals surface area contributed by atoms with Crippen LogP contribution in [0.4, 0.5) is 0 Å². The van der Waals surface area contributed by atoms with Gasteiger partial charge in [-0.3, -0.25) is 9.69 Å². The Morgan fingerprint density at radius 2 is 2.00 bits per heavy atom. The number of benzene rings is 1. The smallest absolute Gasteiger partial charge is 0.254 e. The molecule has 2 heterocycles. The number of amides is 1. The molecule has 3 rings (SSSR count). The number of carbonyl (C=O) groups excluding carboxylic acids is 1. The average molecular weight is 403 g/mol. The van der Waals surface area contributed by atoms with Crippen LogP contribution < -0.4 is 5.32 Å². The largest absolute Gasteiger partial charge is 0.350 e. The zero-order chi connectivity index (χ0) is 19.2. The molecule has 3 aromatic rings. The lowest BCUT2D eigenvalue weighted by Gasteiger charge is -2.29. The zero-order valence-electron chi connectivity index (χ0n) is 15.4. The van der Waals surface area contributed by atoms with E-state index in [4.69, 9.17) is 11.6 Å². The third-order valence-electron chi connectivity index (χ3n) is 4.57. The summed E-state index contributed by atoms with van der Waals surface area (Å²) >= 11 is 7.60. The maximum Gasteiger partial charge on any atom is 0.254 e. The predicted molar refractivity (Wildman–Crippen MR) is 111 cm³/mol. The minimum Gasteiger partial charge on any atom is -0.350 e. The highest BCUT2D eigenvalue weighted by Gasteiger charge is 2.20. The molecule has 1 N–H and O–H groups in total. The number of rotatable bonds is 8. The quantitative estimate of drug-likeness (QED) is 0.607. The van der Waals surface area contributed by atoms with E-state index in [9.17, 15) is 4.79 Å². The molecule has 0 aliphatic carbocycles. The Balaban J connectivity index is 1.68. The molecule has 1 amide bonds. The average Bonchev–Trinajstić information content (AvgIpc) is 3.37. The van der Waals surface area contributed by atoms with Crippen LogP contribution >= 0.6 is 22.9 Å². The van der Waals surface area contributed by atoms with Crippen molar-refractivity contribution in [2.75, 3.05) is 19.6 Å². The number of carbonyl (C=O) groups is 1. The highest BCUT2D eigenvalue weighted by Crippen LogP contribution is 2.22. The number of nitrogens with zero attached hydrogens (tertiary/aromatic N) is 3. The minimum atomic E-state index is -0.123. The van der Waals surface area contributed by atoms with E-state index in [2.05, 4.69) is 46.0 Å². The van der Waals surface area contributed by atoms with Gasteiger partial charge in [-0.1, -0.05) is 25.4 Å². The van der Waals surface area contributed by atoms with E-state index < -0.39 is 0 Å². The Kier molecular flexibility index (Phi) is 6.66. The molecule has 0 bridgehead atoms. The number of nitrogens with one attached hydrogen (secondary N) is 1. The molecular formula is C20H23ClN4OS. The molecule has 5 nitrogen and oxygen atoms in total. The van der Waals surface area contributed by atoms with E-state index in [1.54, 1.807) is 40.5 Å². The highest BCUT2D eigenvalue weighted by atomic mass is 35.5.